The average molecular weight is 455 g/mol. The van der Waals surface area contributed by atoms with Crippen molar-refractivity contribution < 1.29 is 14.1 Å². The molecule has 5 rings (SSSR count). The van der Waals surface area contributed by atoms with E-state index in [0.717, 1.165) is 38.0 Å². The average Bonchev–Trinajstić information content (AvgIpc) is 3.16. The van der Waals surface area contributed by atoms with E-state index in [-0.39, 0.29) is 30.5 Å². The highest BCUT2D eigenvalue weighted by molar-refractivity contribution is 6.47. The Hall–Kier alpha value is -1.41. The molecule has 6 nitrogen and oxygen atoms in total. The molecule has 5 N–H and O–H groups in total. The Bertz CT molecular complexity index is 807. The number of aryl methyl sites for hydroxylation is 1. The van der Waals surface area contributed by atoms with Gasteiger partial charge in [-0.3, -0.25) is 4.79 Å². The summed E-state index contributed by atoms with van der Waals surface area (Å²) in [5, 5.41) is 3.10. The molecule has 2 bridgehead atoms. The largest absolute Gasteiger partial charge is 0.462 e. The minimum Gasteiger partial charge on any atom is -0.405 e. The van der Waals surface area contributed by atoms with Gasteiger partial charge in [-0.05, 0) is 74.8 Å². The third-order valence-corrected chi connectivity index (χ3v) is 8.84. The van der Waals surface area contributed by atoms with Crippen molar-refractivity contribution in [1.82, 2.24) is 5.32 Å². The van der Waals surface area contributed by atoms with Crippen molar-refractivity contribution >= 4 is 13.0 Å². The van der Waals surface area contributed by atoms with Crippen LogP contribution in [-0.4, -0.2) is 43.9 Å². The molecular formula is C26H42BN3O3. The first-order valence-corrected chi connectivity index (χ1v) is 12.9. The standard InChI is InChI=1S/C26H42BN3O3/c1-25(2)19-15-22(25)26(3)23(16-19)32-27(33-26)20(13-12-18-9-5-4-6-10-18)17-30-24(31)21(29)11-7-8-14-28/h4-6,9-10,19-23H,7-8,11-17,28-29H2,1-3H3,(H,30,31)/t19?,20-,21+,22?,23?,26-/m1/s1. The van der Waals surface area contributed by atoms with Crippen molar-refractivity contribution in [3.8, 4) is 0 Å². The van der Waals surface area contributed by atoms with Crippen molar-refractivity contribution in [2.75, 3.05) is 13.1 Å². The number of benzene rings is 1. The van der Waals surface area contributed by atoms with Gasteiger partial charge in [0.1, 0.15) is 0 Å². The molecule has 1 saturated heterocycles. The highest BCUT2D eigenvalue weighted by Gasteiger charge is 2.68. The second kappa shape index (κ2) is 10.1. The first kappa shape index (κ1) is 24.7. The number of unbranched alkanes of at least 4 members (excludes halogenated alkanes) is 1. The number of carbonyl (C=O) groups excluding carboxylic acids is 1. The summed E-state index contributed by atoms with van der Waals surface area (Å²) in [7, 11) is -0.298. The Morgan fingerprint density at radius 2 is 1.94 bits per heavy atom. The predicted molar refractivity (Wildman–Crippen MR) is 133 cm³/mol. The molecule has 1 aromatic rings. The summed E-state index contributed by atoms with van der Waals surface area (Å²) in [4.78, 5) is 12.6. The molecule has 0 aromatic heterocycles. The zero-order chi connectivity index (χ0) is 23.6. The zero-order valence-corrected chi connectivity index (χ0v) is 20.6. The van der Waals surface area contributed by atoms with E-state index in [1.165, 1.54) is 12.0 Å². The number of nitrogens with two attached hydrogens (primary N) is 2. The molecule has 1 aromatic carbocycles. The van der Waals surface area contributed by atoms with Crippen LogP contribution in [0.25, 0.3) is 0 Å². The van der Waals surface area contributed by atoms with Gasteiger partial charge in [-0.1, -0.05) is 50.6 Å². The highest BCUT2D eigenvalue weighted by Crippen LogP contribution is 2.66. The highest BCUT2D eigenvalue weighted by atomic mass is 16.7. The smallest absolute Gasteiger partial charge is 0.405 e. The Morgan fingerprint density at radius 1 is 1.18 bits per heavy atom. The van der Waals surface area contributed by atoms with Crippen LogP contribution in [0.4, 0.5) is 0 Å². The minimum atomic E-state index is -0.496. The fraction of sp³-hybridized carbons (Fsp3) is 0.731. The van der Waals surface area contributed by atoms with Crippen LogP contribution in [0.3, 0.4) is 0 Å². The molecular weight excluding hydrogens is 413 g/mol. The maximum atomic E-state index is 12.6. The molecule has 7 heteroatoms. The summed E-state index contributed by atoms with van der Waals surface area (Å²) in [5.41, 5.74) is 13.0. The second-order valence-electron chi connectivity index (χ2n) is 11.3. The van der Waals surface area contributed by atoms with Gasteiger partial charge in [0, 0.05) is 12.4 Å². The van der Waals surface area contributed by atoms with Crippen LogP contribution in [0.15, 0.2) is 30.3 Å². The Morgan fingerprint density at radius 3 is 2.64 bits per heavy atom. The van der Waals surface area contributed by atoms with Crippen molar-refractivity contribution in [1.29, 1.82) is 0 Å². The first-order chi connectivity index (χ1) is 15.8. The zero-order valence-electron chi connectivity index (χ0n) is 20.6. The van der Waals surface area contributed by atoms with Gasteiger partial charge in [0.15, 0.2) is 0 Å². The van der Waals surface area contributed by atoms with Crippen LogP contribution in [0, 0.1) is 17.3 Å². The third kappa shape index (κ3) is 5.02. The van der Waals surface area contributed by atoms with Crippen molar-refractivity contribution in [2.45, 2.75) is 89.3 Å². The maximum absolute atomic E-state index is 12.6. The van der Waals surface area contributed by atoms with Gasteiger partial charge in [0.2, 0.25) is 5.91 Å². The fourth-order valence-electron chi connectivity index (χ4n) is 6.44. The van der Waals surface area contributed by atoms with E-state index in [1.54, 1.807) is 0 Å². The molecule has 1 aliphatic heterocycles. The number of amides is 1. The normalized spacial score (nSPS) is 31.4. The summed E-state index contributed by atoms with van der Waals surface area (Å²) in [5.74, 6) is 1.23. The maximum Gasteiger partial charge on any atom is 0.462 e. The molecule has 6 atom stereocenters. The van der Waals surface area contributed by atoms with Crippen LogP contribution in [0.1, 0.15) is 64.9 Å². The quantitative estimate of drug-likeness (QED) is 0.351. The lowest BCUT2D eigenvalue weighted by molar-refractivity contribution is -0.199. The van der Waals surface area contributed by atoms with Gasteiger partial charge >= 0.3 is 7.12 Å². The van der Waals surface area contributed by atoms with Gasteiger partial charge < -0.3 is 26.1 Å². The molecule has 0 spiro atoms. The third-order valence-electron chi connectivity index (χ3n) is 8.84. The van der Waals surface area contributed by atoms with Crippen LogP contribution in [0.2, 0.25) is 5.82 Å². The summed E-state index contributed by atoms with van der Waals surface area (Å²) in [6.07, 6.45) is 6.68. The number of rotatable bonds is 11. The monoisotopic (exact) mass is 455 g/mol. The van der Waals surface area contributed by atoms with Gasteiger partial charge in [0.05, 0.1) is 17.7 Å². The summed E-state index contributed by atoms with van der Waals surface area (Å²) in [6, 6.07) is 9.98. The minimum absolute atomic E-state index is 0.0770. The molecule has 0 radical (unpaired) electrons. The van der Waals surface area contributed by atoms with Crippen LogP contribution >= 0.6 is 0 Å². The van der Waals surface area contributed by atoms with E-state index in [4.69, 9.17) is 20.8 Å². The topological polar surface area (TPSA) is 99.6 Å². The SMILES string of the molecule is CC1(C)C2CC3OB([C@H](CCc4ccccc4)CNC(=O)[C@@H](N)CCCCN)O[C@]3(C)C1C2. The van der Waals surface area contributed by atoms with Crippen molar-refractivity contribution in [3.63, 3.8) is 0 Å². The van der Waals surface area contributed by atoms with E-state index in [9.17, 15) is 4.79 Å². The van der Waals surface area contributed by atoms with Gasteiger partial charge in [-0.2, -0.15) is 0 Å². The molecule has 182 valence electrons. The van der Waals surface area contributed by atoms with Crippen molar-refractivity contribution in [2.24, 2.45) is 28.7 Å². The molecule has 1 amide bonds. The first-order valence-electron chi connectivity index (χ1n) is 12.9. The Balaban J connectivity index is 1.40. The second-order valence-corrected chi connectivity index (χ2v) is 11.3. The van der Waals surface area contributed by atoms with Gasteiger partial charge in [-0.15, -0.1) is 0 Å². The van der Waals surface area contributed by atoms with E-state index in [2.05, 4.69) is 50.4 Å². The Kier molecular flexibility index (Phi) is 7.54. The number of nitrogens with one attached hydrogen (secondary N) is 1. The van der Waals surface area contributed by atoms with E-state index in [0.29, 0.717) is 30.8 Å². The van der Waals surface area contributed by atoms with E-state index >= 15 is 0 Å². The molecule has 3 unspecified atom stereocenters. The molecule has 1 heterocycles. The van der Waals surface area contributed by atoms with Gasteiger partial charge in [-0.25, -0.2) is 0 Å². The summed E-state index contributed by atoms with van der Waals surface area (Å²) in [6.45, 7) is 8.15. The molecule has 4 fully saturated rings. The Labute approximate surface area is 199 Å². The number of hydrogen-bond donors (Lipinski definition) is 3. The van der Waals surface area contributed by atoms with Gasteiger partial charge in [0.25, 0.3) is 0 Å². The lowest BCUT2D eigenvalue weighted by atomic mass is 9.43. The van der Waals surface area contributed by atoms with Crippen molar-refractivity contribution in [3.05, 3.63) is 35.9 Å². The lowest BCUT2D eigenvalue weighted by Crippen LogP contribution is -2.65. The summed E-state index contributed by atoms with van der Waals surface area (Å²) >= 11 is 0. The number of hydrogen-bond acceptors (Lipinski definition) is 5. The fourth-order valence-corrected chi connectivity index (χ4v) is 6.44. The summed E-state index contributed by atoms with van der Waals surface area (Å²) < 4.78 is 13.3. The predicted octanol–water partition coefficient (Wildman–Crippen LogP) is 3.29. The van der Waals surface area contributed by atoms with Crippen LogP contribution in [0.5, 0.6) is 0 Å². The molecule has 3 saturated carbocycles. The molecule has 33 heavy (non-hydrogen) atoms. The molecule has 4 aliphatic rings. The van der Waals surface area contributed by atoms with E-state index in [1.807, 2.05) is 6.07 Å². The van der Waals surface area contributed by atoms with E-state index < -0.39 is 6.04 Å². The molecule has 3 aliphatic carbocycles. The van der Waals surface area contributed by atoms with Crippen LogP contribution in [-0.2, 0) is 20.5 Å². The van der Waals surface area contributed by atoms with Crippen LogP contribution < -0.4 is 16.8 Å². The lowest BCUT2D eigenvalue weighted by Gasteiger charge is -2.64. The number of carbonyl (C=O) groups is 1.